The van der Waals surface area contributed by atoms with Crippen LogP contribution in [0, 0.1) is 0 Å². The molecule has 1 atom stereocenters. The number of benzene rings is 2. The molecule has 0 aliphatic heterocycles. The molecular formula is C21H28N2O2. The van der Waals surface area contributed by atoms with Gasteiger partial charge < -0.3 is 14.7 Å². The smallest absolute Gasteiger partial charge is 0.166 e. The summed E-state index contributed by atoms with van der Waals surface area (Å²) in [6.07, 6.45) is 2.76. The number of aliphatic imine (C=N–C) groups is 1. The van der Waals surface area contributed by atoms with Crippen LogP contribution in [0.4, 0.5) is 0 Å². The van der Waals surface area contributed by atoms with Gasteiger partial charge in [0.1, 0.15) is 0 Å². The molecule has 0 radical (unpaired) electrons. The molecule has 0 bridgehead atoms. The first-order chi connectivity index (χ1) is 12.1. The summed E-state index contributed by atoms with van der Waals surface area (Å²) in [4.78, 5) is 6.72. The van der Waals surface area contributed by atoms with E-state index in [4.69, 9.17) is 4.74 Å². The third-order valence-electron chi connectivity index (χ3n) is 4.23. The van der Waals surface area contributed by atoms with E-state index in [2.05, 4.69) is 55.2 Å². The van der Waals surface area contributed by atoms with Gasteiger partial charge in [-0.25, -0.2) is 0 Å². The van der Waals surface area contributed by atoms with E-state index < -0.39 is 0 Å². The molecule has 0 aromatic heterocycles. The van der Waals surface area contributed by atoms with E-state index in [1.807, 2.05) is 19.1 Å². The number of rotatable bonds is 8. The van der Waals surface area contributed by atoms with E-state index in [-0.39, 0.29) is 11.8 Å². The van der Waals surface area contributed by atoms with Crippen molar-refractivity contribution >= 4 is 6.21 Å². The van der Waals surface area contributed by atoms with Crippen LogP contribution in [0.15, 0.2) is 47.5 Å². The van der Waals surface area contributed by atoms with Gasteiger partial charge in [-0.15, -0.1) is 0 Å². The van der Waals surface area contributed by atoms with Gasteiger partial charge in [-0.2, -0.15) is 0 Å². The van der Waals surface area contributed by atoms with Gasteiger partial charge in [-0.1, -0.05) is 37.3 Å². The predicted octanol–water partition coefficient (Wildman–Crippen LogP) is 4.08. The average molecular weight is 340 g/mol. The highest BCUT2D eigenvalue weighted by Crippen LogP contribution is 2.28. The Morgan fingerprint density at radius 1 is 1.12 bits per heavy atom. The lowest BCUT2D eigenvalue weighted by atomic mass is 10.0. The molecule has 0 amide bonds. The minimum Gasteiger partial charge on any atom is -0.504 e. The molecule has 4 heteroatoms. The van der Waals surface area contributed by atoms with Crippen molar-refractivity contribution in [2.24, 2.45) is 4.99 Å². The van der Waals surface area contributed by atoms with Crippen LogP contribution >= 0.6 is 0 Å². The Hall–Kier alpha value is -2.33. The maximum Gasteiger partial charge on any atom is 0.166 e. The molecule has 2 rings (SSSR count). The number of likely N-dealkylation sites (N-methyl/N-ethyl adjacent to an activating group) is 1. The number of hydrogen-bond acceptors (Lipinski definition) is 4. The van der Waals surface area contributed by atoms with Crippen LogP contribution in [0.5, 0.6) is 11.5 Å². The lowest BCUT2D eigenvalue weighted by Crippen LogP contribution is -2.22. The molecule has 0 aliphatic rings. The molecular weight excluding hydrogens is 312 g/mol. The van der Waals surface area contributed by atoms with E-state index in [0.717, 1.165) is 6.42 Å². The zero-order valence-corrected chi connectivity index (χ0v) is 15.6. The molecule has 0 fully saturated rings. The molecule has 2 aromatic carbocycles. The Bertz CT molecular complexity index is 694. The maximum absolute atomic E-state index is 10.2. The number of phenolic OH excluding ortho intramolecular Hbond substituents is 1. The molecule has 0 saturated heterocycles. The van der Waals surface area contributed by atoms with Gasteiger partial charge in [-0.05, 0) is 50.7 Å². The molecule has 0 saturated carbocycles. The highest BCUT2D eigenvalue weighted by molar-refractivity contribution is 5.84. The van der Waals surface area contributed by atoms with Crippen LogP contribution in [-0.4, -0.2) is 43.5 Å². The van der Waals surface area contributed by atoms with Gasteiger partial charge >= 0.3 is 0 Å². The van der Waals surface area contributed by atoms with Gasteiger partial charge in [-0.3, -0.25) is 4.99 Å². The van der Waals surface area contributed by atoms with E-state index in [1.54, 1.807) is 12.3 Å². The molecule has 1 N–H and O–H groups in total. The molecule has 2 aromatic rings. The number of aryl methyl sites for hydroxylation is 1. The minimum absolute atomic E-state index is 0.141. The van der Waals surface area contributed by atoms with Crippen LogP contribution in [0.25, 0.3) is 0 Å². The number of hydrogen-bond donors (Lipinski definition) is 1. The summed E-state index contributed by atoms with van der Waals surface area (Å²) in [5.74, 6) is 0.632. The largest absolute Gasteiger partial charge is 0.504 e. The average Bonchev–Trinajstić information content (AvgIpc) is 2.61. The molecule has 0 heterocycles. The fraction of sp³-hybridized carbons (Fsp3) is 0.381. The Morgan fingerprint density at radius 3 is 2.44 bits per heavy atom. The van der Waals surface area contributed by atoms with Gasteiger partial charge in [0.2, 0.25) is 0 Å². The standard InChI is InChI=1S/C21H28N2O2/c1-5-16-10-12-17(13-11-16)19(23(3)4)15-22-14-18-8-7-9-20(21(18)24)25-6-2/h7-14,19,24H,5-6,15H2,1-4H3/t19-/m1/s1. The monoisotopic (exact) mass is 340 g/mol. The van der Waals surface area contributed by atoms with Crippen molar-refractivity contribution in [3.8, 4) is 11.5 Å². The summed E-state index contributed by atoms with van der Waals surface area (Å²) in [5.41, 5.74) is 3.25. The summed E-state index contributed by atoms with van der Waals surface area (Å²) in [5, 5.41) is 10.2. The van der Waals surface area contributed by atoms with Crippen molar-refractivity contribution in [2.45, 2.75) is 26.3 Å². The number of nitrogens with zero attached hydrogens (tertiary/aromatic N) is 2. The zero-order chi connectivity index (χ0) is 18.2. The Balaban J connectivity index is 2.13. The highest BCUT2D eigenvalue weighted by Gasteiger charge is 2.13. The summed E-state index contributed by atoms with van der Waals surface area (Å²) in [6, 6.07) is 14.3. The normalized spacial score (nSPS) is 12.7. The Morgan fingerprint density at radius 2 is 1.84 bits per heavy atom. The maximum atomic E-state index is 10.2. The quantitative estimate of drug-likeness (QED) is 0.737. The van der Waals surface area contributed by atoms with Crippen LogP contribution in [0.1, 0.15) is 36.6 Å². The van der Waals surface area contributed by atoms with Gasteiger partial charge in [0.05, 0.1) is 19.2 Å². The van der Waals surface area contributed by atoms with Crippen LogP contribution in [0.3, 0.4) is 0 Å². The Kier molecular flexibility index (Phi) is 7.02. The van der Waals surface area contributed by atoms with E-state index in [0.29, 0.717) is 24.5 Å². The van der Waals surface area contributed by atoms with Crippen molar-refractivity contribution in [1.29, 1.82) is 0 Å². The number of aromatic hydroxyl groups is 1. The molecule has 0 unspecified atom stereocenters. The van der Waals surface area contributed by atoms with E-state index in [9.17, 15) is 5.11 Å². The highest BCUT2D eigenvalue weighted by atomic mass is 16.5. The van der Waals surface area contributed by atoms with Crippen molar-refractivity contribution in [2.75, 3.05) is 27.2 Å². The summed E-state index contributed by atoms with van der Waals surface area (Å²) < 4.78 is 5.41. The summed E-state index contributed by atoms with van der Waals surface area (Å²) in [6.45, 7) is 5.19. The first kappa shape index (κ1) is 19.0. The lowest BCUT2D eigenvalue weighted by Gasteiger charge is -2.23. The number of phenols is 1. The van der Waals surface area contributed by atoms with Crippen molar-refractivity contribution in [3.63, 3.8) is 0 Å². The summed E-state index contributed by atoms with van der Waals surface area (Å²) in [7, 11) is 4.11. The Labute approximate surface area is 150 Å². The topological polar surface area (TPSA) is 45.1 Å². The zero-order valence-electron chi connectivity index (χ0n) is 15.6. The van der Waals surface area contributed by atoms with E-state index in [1.165, 1.54) is 11.1 Å². The second-order valence-corrected chi connectivity index (χ2v) is 6.20. The molecule has 25 heavy (non-hydrogen) atoms. The van der Waals surface area contributed by atoms with Crippen molar-refractivity contribution in [1.82, 2.24) is 4.90 Å². The second-order valence-electron chi connectivity index (χ2n) is 6.20. The molecule has 134 valence electrons. The third-order valence-corrected chi connectivity index (χ3v) is 4.23. The first-order valence-corrected chi connectivity index (χ1v) is 8.76. The molecule has 0 spiro atoms. The number of ether oxygens (including phenoxy) is 1. The van der Waals surface area contributed by atoms with Crippen LogP contribution in [0.2, 0.25) is 0 Å². The fourth-order valence-corrected chi connectivity index (χ4v) is 2.71. The van der Waals surface area contributed by atoms with Crippen molar-refractivity contribution in [3.05, 3.63) is 59.2 Å². The predicted molar refractivity (Wildman–Crippen MR) is 104 cm³/mol. The van der Waals surface area contributed by atoms with Crippen LogP contribution < -0.4 is 4.74 Å². The van der Waals surface area contributed by atoms with Gasteiger partial charge in [0.25, 0.3) is 0 Å². The lowest BCUT2D eigenvalue weighted by molar-refractivity contribution is 0.307. The number of para-hydroxylation sites is 1. The molecule has 0 aliphatic carbocycles. The second kappa shape index (κ2) is 9.23. The van der Waals surface area contributed by atoms with Crippen LogP contribution in [-0.2, 0) is 6.42 Å². The summed E-state index contributed by atoms with van der Waals surface area (Å²) >= 11 is 0. The first-order valence-electron chi connectivity index (χ1n) is 8.76. The third kappa shape index (κ3) is 5.07. The van der Waals surface area contributed by atoms with E-state index >= 15 is 0 Å². The van der Waals surface area contributed by atoms with Gasteiger partial charge in [0, 0.05) is 11.8 Å². The van der Waals surface area contributed by atoms with Crippen molar-refractivity contribution < 1.29 is 9.84 Å². The fourth-order valence-electron chi connectivity index (χ4n) is 2.71. The minimum atomic E-state index is 0.141. The SMILES string of the molecule is CCOc1cccc(C=NC[C@H](c2ccc(CC)cc2)N(C)C)c1O. The van der Waals surface area contributed by atoms with Gasteiger partial charge in [0.15, 0.2) is 11.5 Å². The molecule has 4 nitrogen and oxygen atoms in total.